The summed E-state index contributed by atoms with van der Waals surface area (Å²) in [5.74, 6) is 0. The summed E-state index contributed by atoms with van der Waals surface area (Å²) in [7, 11) is 3.99. The van der Waals surface area contributed by atoms with Crippen LogP contribution in [0.1, 0.15) is 39.2 Å². The maximum absolute atomic E-state index is 6.37. The van der Waals surface area contributed by atoms with Crippen LogP contribution in [0.5, 0.6) is 0 Å². The fourth-order valence-corrected chi connectivity index (χ4v) is 4.57. The van der Waals surface area contributed by atoms with Crippen LogP contribution in [-0.4, -0.2) is 16.8 Å². The lowest BCUT2D eigenvalue weighted by Gasteiger charge is -2.15. The molecule has 108 valence electrons. The summed E-state index contributed by atoms with van der Waals surface area (Å²) in [5.41, 5.74) is 3.57. The van der Waals surface area contributed by atoms with Crippen molar-refractivity contribution in [3.05, 3.63) is 37.8 Å². The zero-order valence-corrected chi connectivity index (χ0v) is 13.7. The second-order valence-corrected chi connectivity index (χ2v) is 7.01. The van der Waals surface area contributed by atoms with E-state index in [-0.39, 0.29) is 0 Å². The Labute approximate surface area is 129 Å². The molecule has 1 unspecified atom stereocenters. The van der Waals surface area contributed by atoms with Crippen LogP contribution in [0, 0.1) is 6.92 Å². The fourth-order valence-electron chi connectivity index (χ4n) is 2.96. The topological polar surface area (TPSA) is 29.9 Å². The number of nitrogens with one attached hydrogen (secondary N) is 1. The molecule has 0 fully saturated rings. The Morgan fingerprint density at radius 3 is 2.90 bits per heavy atom. The van der Waals surface area contributed by atoms with Gasteiger partial charge in [-0.3, -0.25) is 4.68 Å². The number of fused-ring (bicyclic) bond motifs is 1. The molecule has 3 nitrogen and oxygen atoms in total. The van der Waals surface area contributed by atoms with E-state index in [4.69, 9.17) is 11.6 Å². The first kappa shape index (κ1) is 14.1. The average molecular weight is 310 g/mol. The monoisotopic (exact) mass is 309 g/mol. The van der Waals surface area contributed by atoms with Gasteiger partial charge in [0.25, 0.3) is 0 Å². The second kappa shape index (κ2) is 5.51. The molecule has 1 N–H and O–H groups in total. The molecule has 1 atom stereocenters. The molecule has 0 bridgehead atoms. The van der Waals surface area contributed by atoms with Gasteiger partial charge in [0, 0.05) is 29.3 Å². The van der Waals surface area contributed by atoms with Crippen LogP contribution in [0.25, 0.3) is 0 Å². The third-order valence-corrected chi connectivity index (χ3v) is 5.96. The largest absolute Gasteiger partial charge is 0.312 e. The summed E-state index contributed by atoms with van der Waals surface area (Å²) in [6, 6.07) is 2.70. The number of halogens is 1. The lowest BCUT2D eigenvalue weighted by atomic mass is 10.1. The molecule has 0 radical (unpaired) electrons. The molecule has 0 amide bonds. The maximum Gasteiger partial charge on any atom is 0.0847 e. The molecule has 0 spiro atoms. The van der Waals surface area contributed by atoms with Gasteiger partial charge in [0.1, 0.15) is 0 Å². The summed E-state index contributed by atoms with van der Waals surface area (Å²) in [6.07, 6.45) is 4.69. The van der Waals surface area contributed by atoms with E-state index < -0.39 is 0 Å². The molecule has 20 heavy (non-hydrogen) atoms. The summed E-state index contributed by atoms with van der Waals surface area (Å²) < 4.78 is 1.91. The SMILES string of the molecule is CNC(Cc1c(Cl)c(C)nn1C)c1cc2c(s1)CCC2. The minimum Gasteiger partial charge on any atom is -0.312 e. The van der Waals surface area contributed by atoms with E-state index in [9.17, 15) is 0 Å². The minimum atomic E-state index is 0.318. The summed E-state index contributed by atoms with van der Waals surface area (Å²) in [6.45, 7) is 1.96. The van der Waals surface area contributed by atoms with Gasteiger partial charge in [-0.1, -0.05) is 11.6 Å². The van der Waals surface area contributed by atoms with Crippen molar-refractivity contribution in [3.8, 4) is 0 Å². The van der Waals surface area contributed by atoms with E-state index in [0.29, 0.717) is 6.04 Å². The molecule has 2 aromatic rings. The van der Waals surface area contributed by atoms with Crippen LogP contribution < -0.4 is 5.32 Å². The fraction of sp³-hybridized carbons (Fsp3) is 0.533. The predicted molar refractivity (Wildman–Crippen MR) is 84.8 cm³/mol. The van der Waals surface area contributed by atoms with Gasteiger partial charge < -0.3 is 5.32 Å². The Hall–Kier alpha value is -0.840. The third-order valence-electron chi connectivity index (χ3n) is 4.12. The molecule has 0 aromatic carbocycles. The molecular formula is C15H20ClN3S. The number of hydrogen-bond donors (Lipinski definition) is 1. The molecule has 5 heteroatoms. The van der Waals surface area contributed by atoms with Gasteiger partial charge in [-0.15, -0.1) is 11.3 Å². The second-order valence-electron chi connectivity index (χ2n) is 5.47. The van der Waals surface area contributed by atoms with Gasteiger partial charge in [-0.25, -0.2) is 0 Å². The van der Waals surface area contributed by atoms with Gasteiger partial charge in [0.15, 0.2) is 0 Å². The van der Waals surface area contributed by atoms with Gasteiger partial charge in [-0.2, -0.15) is 5.10 Å². The van der Waals surface area contributed by atoms with Crippen LogP contribution in [-0.2, 0) is 26.3 Å². The minimum absolute atomic E-state index is 0.318. The van der Waals surface area contributed by atoms with Crippen LogP contribution in [0.15, 0.2) is 6.07 Å². The van der Waals surface area contributed by atoms with Gasteiger partial charge in [0.2, 0.25) is 0 Å². The van der Waals surface area contributed by atoms with E-state index in [1.54, 1.807) is 10.4 Å². The standard InChI is InChI=1S/C15H20ClN3S/c1-9-15(16)12(19(3)18-9)8-11(17-2)14-7-10-5-4-6-13(10)20-14/h7,11,17H,4-6,8H2,1-3H3. The highest BCUT2D eigenvalue weighted by atomic mass is 35.5. The highest BCUT2D eigenvalue weighted by molar-refractivity contribution is 7.12. The van der Waals surface area contributed by atoms with E-state index in [0.717, 1.165) is 22.8 Å². The van der Waals surface area contributed by atoms with Crippen molar-refractivity contribution in [2.75, 3.05) is 7.05 Å². The van der Waals surface area contributed by atoms with E-state index >= 15 is 0 Å². The van der Waals surface area contributed by atoms with Crippen LogP contribution >= 0.6 is 22.9 Å². The number of likely N-dealkylation sites (N-methyl/N-ethyl adjacent to an activating group) is 1. The molecule has 3 rings (SSSR count). The van der Waals surface area contributed by atoms with Crippen LogP contribution in [0.3, 0.4) is 0 Å². The lowest BCUT2D eigenvalue weighted by Crippen LogP contribution is -2.19. The van der Waals surface area contributed by atoms with Crippen molar-refractivity contribution in [2.45, 2.75) is 38.6 Å². The molecule has 0 aliphatic heterocycles. The van der Waals surface area contributed by atoms with Crippen molar-refractivity contribution in [1.29, 1.82) is 0 Å². The molecular weight excluding hydrogens is 290 g/mol. The number of thiophene rings is 1. The van der Waals surface area contributed by atoms with Crippen molar-refractivity contribution in [3.63, 3.8) is 0 Å². The Balaban J connectivity index is 1.86. The quantitative estimate of drug-likeness (QED) is 0.937. The van der Waals surface area contributed by atoms with E-state index in [1.165, 1.54) is 24.1 Å². The first-order chi connectivity index (χ1) is 9.60. The molecule has 0 saturated carbocycles. The van der Waals surface area contributed by atoms with Crippen LogP contribution in [0.4, 0.5) is 0 Å². The lowest BCUT2D eigenvalue weighted by molar-refractivity contribution is 0.569. The first-order valence-electron chi connectivity index (χ1n) is 7.07. The Morgan fingerprint density at radius 2 is 2.30 bits per heavy atom. The van der Waals surface area contributed by atoms with Gasteiger partial charge >= 0.3 is 0 Å². The highest BCUT2D eigenvalue weighted by Crippen LogP contribution is 2.35. The number of nitrogens with zero attached hydrogens (tertiary/aromatic N) is 2. The molecule has 2 heterocycles. The Bertz CT molecular complexity index is 608. The third kappa shape index (κ3) is 2.41. The van der Waals surface area contributed by atoms with Crippen molar-refractivity contribution in [1.82, 2.24) is 15.1 Å². The van der Waals surface area contributed by atoms with Crippen LogP contribution in [0.2, 0.25) is 5.02 Å². The number of aryl methyl sites for hydroxylation is 4. The number of aromatic nitrogens is 2. The van der Waals surface area contributed by atoms with Gasteiger partial charge in [0.05, 0.1) is 16.4 Å². The van der Waals surface area contributed by atoms with Crippen molar-refractivity contribution in [2.24, 2.45) is 7.05 Å². The van der Waals surface area contributed by atoms with E-state index in [1.807, 2.05) is 37.0 Å². The molecule has 1 aliphatic carbocycles. The van der Waals surface area contributed by atoms with Gasteiger partial charge in [-0.05, 0) is 44.9 Å². The normalized spacial score (nSPS) is 15.6. The van der Waals surface area contributed by atoms with Crippen molar-refractivity contribution < 1.29 is 0 Å². The summed E-state index contributed by atoms with van der Waals surface area (Å²) >= 11 is 8.33. The molecule has 1 aliphatic rings. The zero-order chi connectivity index (χ0) is 14.3. The Kier molecular flexibility index (Phi) is 3.89. The average Bonchev–Trinajstić information content (AvgIpc) is 3.04. The number of hydrogen-bond acceptors (Lipinski definition) is 3. The summed E-state index contributed by atoms with van der Waals surface area (Å²) in [4.78, 5) is 3.00. The smallest absolute Gasteiger partial charge is 0.0847 e. The molecule has 2 aromatic heterocycles. The van der Waals surface area contributed by atoms with E-state index in [2.05, 4.69) is 16.5 Å². The maximum atomic E-state index is 6.37. The summed E-state index contributed by atoms with van der Waals surface area (Å²) in [5, 5.41) is 8.63. The molecule has 0 saturated heterocycles. The zero-order valence-electron chi connectivity index (χ0n) is 12.2. The number of rotatable bonds is 4. The first-order valence-corrected chi connectivity index (χ1v) is 8.26. The Morgan fingerprint density at radius 1 is 1.50 bits per heavy atom. The highest BCUT2D eigenvalue weighted by Gasteiger charge is 2.22. The predicted octanol–water partition coefficient (Wildman–Crippen LogP) is 3.44. The van der Waals surface area contributed by atoms with Crippen molar-refractivity contribution >= 4 is 22.9 Å².